The number of hydrogen-bond donors (Lipinski definition) is 0. The summed E-state index contributed by atoms with van der Waals surface area (Å²) in [6, 6.07) is 5.60. The summed E-state index contributed by atoms with van der Waals surface area (Å²) in [5.74, 6) is -0.801. The maximum absolute atomic E-state index is 14.2. The van der Waals surface area contributed by atoms with Crippen molar-refractivity contribution in [2.75, 3.05) is 13.1 Å². The molecular weight excluding hydrogens is 322 g/mol. The first kappa shape index (κ1) is 15.7. The first-order valence-corrected chi connectivity index (χ1v) is 8.27. The van der Waals surface area contributed by atoms with Crippen LogP contribution in [-0.4, -0.2) is 28.8 Å². The molecule has 3 aliphatic heterocycles. The van der Waals surface area contributed by atoms with E-state index in [1.54, 1.807) is 6.21 Å². The molecule has 0 amide bonds. The summed E-state index contributed by atoms with van der Waals surface area (Å²) >= 11 is 0. The van der Waals surface area contributed by atoms with Crippen molar-refractivity contribution in [1.82, 2.24) is 4.90 Å². The van der Waals surface area contributed by atoms with Crippen molar-refractivity contribution in [3.05, 3.63) is 71.2 Å². The zero-order chi connectivity index (χ0) is 17.4. The third-order valence-electron chi connectivity index (χ3n) is 4.97. The van der Waals surface area contributed by atoms with Crippen molar-refractivity contribution in [3.63, 3.8) is 0 Å². The number of allylic oxidation sites excluding steroid dienone is 3. The van der Waals surface area contributed by atoms with Gasteiger partial charge in [0.15, 0.2) is 12.2 Å². The number of nitriles is 1. The van der Waals surface area contributed by atoms with Crippen LogP contribution in [0.3, 0.4) is 0 Å². The lowest BCUT2D eigenvalue weighted by Gasteiger charge is -2.32. The van der Waals surface area contributed by atoms with E-state index in [4.69, 9.17) is 5.26 Å². The molecule has 1 aromatic rings. The lowest BCUT2D eigenvalue weighted by Crippen LogP contribution is -2.37. The van der Waals surface area contributed by atoms with Gasteiger partial charge in [0.25, 0.3) is 0 Å². The van der Waals surface area contributed by atoms with Crippen LogP contribution in [-0.2, 0) is 0 Å². The molecule has 126 valence electrons. The molecule has 6 heteroatoms. The summed E-state index contributed by atoms with van der Waals surface area (Å²) in [5.41, 5.74) is 2.24. The molecule has 0 bridgehead atoms. The smallest absolute Gasteiger partial charge is 0.199 e. The van der Waals surface area contributed by atoms with Crippen LogP contribution in [0.4, 0.5) is 8.78 Å². The van der Waals surface area contributed by atoms with Crippen LogP contribution in [0.25, 0.3) is 0 Å². The lowest BCUT2D eigenvalue weighted by atomic mass is 10.0. The predicted octanol–water partition coefficient (Wildman–Crippen LogP) is 3.74. The molecule has 2 atom stereocenters. The molecule has 0 spiro atoms. The van der Waals surface area contributed by atoms with Crippen LogP contribution in [0.5, 0.6) is 0 Å². The highest BCUT2D eigenvalue weighted by molar-refractivity contribution is 5.74. The molecule has 0 aliphatic carbocycles. The van der Waals surface area contributed by atoms with Gasteiger partial charge in [-0.2, -0.15) is 5.26 Å². The van der Waals surface area contributed by atoms with E-state index in [0.29, 0.717) is 5.56 Å². The monoisotopic (exact) mass is 339 g/mol. The van der Waals surface area contributed by atoms with Gasteiger partial charge in [-0.05, 0) is 31.0 Å². The van der Waals surface area contributed by atoms with Crippen molar-refractivity contribution >= 4 is 6.21 Å². The normalized spacial score (nSPS) is 27.1. The largest absolute Gasteiger partial charge is 0.364 e. The van der Waals surface area contributed by atoms with Crippen molar-refractivity contribution < 1.29 is 13.4 Å². The lowest BCUT2D eigenvalue weighted by molar-refractivity contribution is -0.835. The number of fused-ring (bicyclic) bond motifs is 1. The first-order valence-electron chi connectivity index (χ1n) is 8.27. The summed E-state index contributed by atoms with van der Waals surface area (Å²) in [4.78, 5) is 2.10. The Hall–Kier alpha value is -2.78. The van der Waals surface area contributed by atoms with Gasteiger partial charge >= 0.3 is 0 Å². The van der Waals surface area contributed by atoms with E-state index in [0.717, 1.165) is 36.8 Å². The molecule has 1 unspecified atom stereocenters. The van der Waals surface area contributed by atoms with E-state index in [-0.39, 0.29) is 23.0 Å². The summed E-state index contributed by atoms with van der Waals surface area (Å²) in [6.45, 7) is 1.01. The molecule has 1 aromatic carbocycles. The highest BCUT2D eigenvalue weighted by Gasteiger charge is 2.38. The van der Waals surface area contributed by atoms with Crippen molar-refractivity contribution in [2.24, 2.45) is 5.10 Å². The maximum atomic E-state index is 14.2. The second-order valence-electron chi connectivity index (χ2n) is 6.40. The molecule has 4 rings (SSSR count). The van der Waals surface area contributed by atoms with Gasteiger partial charge in [-0.25, -0.2) is 8.78 Å². The summed E-state index contributed by atoms with van der Waals surface area (Å²) in [7, 11) is 0. The van der Waals surface area contributed by atoms with Crippen LogP contribution >= 0.6 is 0 Å². The maximum Gasteiger partial charge on any atom is 0.199 e. The summed E-state index contributed by atoms with van der Waals surface area (Å²) < 4.78 is 28.0. The number of likely N-dealkylation sites (tertiary alicyclic amines) is 1. The molecule has 1 fully saturated rings. The second-order valence-corrected chi connectivity index (χ2v) is 6.40. The zero-order valence-electron chi connectivity index (χ0n) is 13.6. The number of rotatable bonds is 3. The molecular formula is C19H17F2N4+. The molecule has 25 heavy (non-hydrogen) atoms. The number of hydrogen-bond acceptors (Lipinski definition) is 3. The van der Waals surface area contributed by atoms with Crippen LogP contribution in [0.2, 0.25) is 0 Å². The Morgan fingerprint density at radius 3 is 3.08 bits per heavy atom. The SMILES string of the molecule is N#CC[N@@+]12C=CC(N3CCCC3c3cc(F)ccc3F)=CC1=CC=N2. The highest BCUT2D eigenvalue weighted by Crippen LogP contribution is 2.39. The third-order valence-corrected chi connectivity index (χ3v) is 4.97. The van der Waals surface area contributed by atoms with Gasteiger partial charge in [0.1, 0.15) is 23.9 Å². The first-order chi connectivity index (χ1) is 12.1. The van der Waals surface area contributed by atoms with Crippen molar-refractivity contribution in [1.29, 1.82) is 5.26 Å². The van der Waals surface area contributed by atoms with Gasteiger partial charge in [-0.1, -0.05) is 5.10 Å². The number of quaternary nitrogens is 1. The third kappa shape index (κ3) is 2.57. The van der Waals surface area contributed by atoms with E-state index in [2.05, 4.69) is 16.1 Å². The molecule has 0 aromatic heterocycles. The summed E-state index contributed by atoms with van der Waals surface area (Å²) in [6.07, 6.45) is 11.1. The number of halogens is 2. The Balaban J connectivity index is 1.67. The Bertz CT molecular complexity index is 878. The van der Waals surface area contributed by atoms with Crippen molar-refractivity contribution in [3.8, 4) is 6.07 Å². The van der Waals surface area contributed by atoms with Crippen molar-refractivity contribution in [2.45, 2.75) is 18.9 Å². The Morgan fingerprint density at radius 2 is 2.24 bits per heavy atom. The molecule has 1 saturated heterocycles. The molecule has 0 saturated carbocycles. The van der Waals surface area contributed by atoms with E-state index in [1.165, 1.54) is 12.1 Å². The summed E-state index contributed by atoms with van der Waals surface area (Å²) in [5, 5.41) is 13.5. The topological polar surface area (TPSA) is 39.4 Å². The average Bonchev–Trinajstić information content (AvgIpc) is 3.23. The molecule has 3 aliphatic rings. The van der Waals surface area contributed by atoms with E-state index >= 15 is 0 Å². The van der Waals surface area contributed by atoms with Crippen LogP contribution < -0.4 is 0 Å². The molecule has 0 radical (unpaired) electrons. The minimum atomic E-state index is -0.423. The number of nitrogens with zero attached hydrogens (tertiary/aromatic N) is 4. The van der Waals surface area contributed by atoms with Crippen LogP contribution in [0.1, 0.15) is 24.4 Å². The fourth-order valence-electron chi connectivity index (χ4n) is 3.75. The molecule has 0 N–H and O–H groups in total. The standard InChI is InChI=1S/C19H17F2N4/c20-14-3-4-18(21)17(12-14)19-2-1-9-24(19)15-6-10-25(11-7-22)16(13-15)5-8-23-25/h3-6,8,10,12-13,19H,1-2,9,11H2/q+1/t19?,25-/m0/s1. The number of benzene rings is 1. The van der Waals surface area contributed by atoms with Gasteiger partial charge in [0.2, 0.25) is 0 Å². The van der Waals surface area contributed by atoms with Gasteiger partial charge in [-0.15, -0.1) is 4.59 Å². The second kappa shape index (κ2) is 5.94. The molecule has 4 nitrogen and oxygen atoms in total. The predicted molar refractivity (Wildman–Crippen MR) is 89.6 cm³/mol. The fourth-order valence-corrected chi connectivity index (χ4v) is 3.75. The van der Waals surface area contributed by atoms with Crippen LogP contribution in [0.15, 0.2) is 59.1 Å². The Labute approximate surface area is 144 Å². The van der Waals surface area contributed by atoms with Gasteiger partial charge in [-0.3, -0.25) is 0 Å². The van der Waals surface area contributed by atoms with Crippen LogP contribution in [0, 0.1) is 23.0 Å². The minimum Gasteiger partial charge on any atom is -0.364 e. The van der Waals surface area contributed by atoms with Gasteiger partial charge < -0.3 is 4.90 Å². The Morgan fingerprint density at radius 1 is 1.36 bits per heavy atom. The zero-order valence-corrected chi connectivity index (χ0v) is 13.6. The van der Waals surface area contributed by atoms with Gasteiger partial charge in [0.05, 0.1) is 12.3 Å². The average molecular weight is 339 g/mol. The van der Waals surface area contributed by atoms with E-state index < -0.39 is 5.82 Å². The highest BCUT2D eigenvalue weighted by atomic mass is 19.1. The fraction of sp³-hybridized carbons (Fsp3) is 0.263. The quantitative estimate of drug-likeness (QED) is 0.622. The Kier molecular flexibility index (Phi) is 3.74. The van der Waals surface area contributed by atoms with Gasteiger partial charge in [0, 0.05) is 36.0 Å². The van der Waals surface area contributed by atoms with E-state index in [1.807, 2.05) is 24.4 Å². The minimum absolute atomic E-state index is 0.146. The van der Waals surface area contributed by atoms with E-state index in [9.17, 15) is 8.78 Å². The molecule has 3 heterocycles.